The molecule has 4 aromatic rings. The molecule has 2 aromatic carbocycles. The summed E-state index contributed by atoms with van der Waals surface area (Å²) in [5.41, 5.74) is 5.93. The molecule has 2 aromatic heterocycles. The Balaban J connectivity index is 0.000000264. The predicted molar refractivity (Wildman–Crippen MR) is 128 cm³/mol. The third-order valence-electron chi connectivity index (χ3n) is 4.12. The molecule has 0 saturated carbocycles. The number of ketones is 2. The van der Waals surface area contributed by atoms with Crippen molar-refractivity contribution >= 4 is 11.6 Å². The first kappa shape index (κ1) is 28.6. The summed E-state index contributed by atoms with van der Waals surface area (Å²) in [6, 6.07) is 23.9. The van der Waals surface area contributed by atoms with Crippen molar-refractivity contribution in [2.24, 2.45) is 0 Å². The first-order valence-corrected chi connectivity index (χ1v) is 10.4. The number of benzene rings is 2. The van der Waals surface area contributed by atoms with E-state index in [4.69, 9.17) is 0 Å². The second-order valence-electron chi connectivity index (χ2n) is 7.30. The SMILES string of the molecule is CC(=O)CC(C)=O.Cc1cc(-c2ccccc2)n[c-]n1.Cc1cc(-c2ccccc2)n[c-]n1.[Ru+3]. The van der Waals surface area contributed by atoms with Crippen LogP contribution >= 0.6 is 0 Å². The second kappa shape index (κ2) is 15.4. The second-order valence-corrected chi connectivity index (χ2v) is 7.30. The molecular formula is C27H26N4O2Ru+. The van der Waals surface area contributed by atoms with Crippen molar-refractivity contribution in [2.75, 3.05) is 0 Å². The van der Waals surface area contributed by atoms with E-state index in [1.165, 1.54) is 13.8 Å². The zero-order valence-corrected chi connectivity index (χ0v) is 21.3. The first-order chi connectivity index (χ1) is 15.8. The van der Waals surface area contributed by atoms with Gasteiger partial charge in [0, 0.05) is 12.7 Å². The molecule has 4 rings (SSSR count). The Morgan fingerprint density at radius 1 is 0.647 bits per heavy atom. The zero-order valence-electron chi connectivity index (χ0n) is 19.6. The molecule has 0 fully saturated rings. The monoisotopic (exact) mass is 540 g/mol. The van der Waals surface area contributed by atoms with Gasteiger partial charge in [-0.2, -0.15) is 0 Å². The fourth-order valence-corrected chi connectivity index (χ4v) is 2.70. The Labute approximate surface area is 213 Å². The van der Waals surface area contributed by atoms with Crippen LogP contribution in [0.25, 0.3) is 22.5 Å². The minimum absolute atomic E-state index is 0. The number of hydrogen-bond acceptors (Lipinski definition) is 6. The Bertz CT molecular complexity index is 1080. The Hall–Kier alpha value is -3.44. The number of rotatable bonds is 4. The number of aromatic nitrogens is 4. The molecule has 0 N–H and O–H groups in total. The van der Waals surface area contributed by atoms with Gasteiger partial charge in [0.15, 0.2) is 0 Å². The largest absolute Gasteiger partial charge is 3.00 e. The standard InChI is InChI=1S/2C11H9N2.C5H8O2.Ru/c2*1-9-7-11(13-8-12-9)10-5-3-2-4-6-10;1-4(6)3-5(2)7;/h2*2-7H,1H3;3H2,1-2H3;/q2*-1;;+3. The molecule has 0 bridgehead atoms. The van der Waals surface area contributed by atoms with E-state index in [2.05, 4.69) is 32.6 Å². The van der Waals surface area contributed by atoms with E-state index in [0.29, 0.717) is 0 Å². The Morgan fingerprint density at radius 2 is 1.00 bits per heavy atom. The summed E-state index contributed by atoms with van der Waals surface area (Å²) in [5, 5.41) is 0. The topological polar surface area (TPSA) is 85.7 Å². The molecule has 1 radical (unpaired) electrons. The quantitative estimate of drug-likeness (QED) is 0.205. The van der Waals surface area contributed by atoms with E-state index in [1.54, 1.807) is 0 Å². The van der Waals surface area contributed by atoms with Gasteiger partial charge in [-0.15, -0.1) is 12.1 Å². The van der Waals surface area contributed by atoms with Gasteiger partial charge in [0.1, 0.15) is 11.6 Å². The molecule has 0 unspecified atom stereocenters. The van der Waals surface area contributed by atoms with Crippen molar-refractivity contribution in [3.63, 3.8) is 0 Å². The minimum atomic E-state index is -0.0625. The van der Waals surface area contributed by atoms with Gasteiger partial charge in [-0.05, 0) is 25.2 Å². The number of aryl methyl sites for hydroxylation is 2. The molecule has 0 amide bonds. The normalized spacial score (nSPS) is 9.29. The van der Waals surface area contributed by atoms with E-state index in [1.807, 2.05) is 86.6 Å². The van der Waals surface area contributed by atoms with E-state index in [9.17, 15) is 9.59 Å². The Morgan fingerprint density at radius 3 is 1.26 bits per heavy atom. The van der Waals surface area contributed by atoms with E-state index in [0.717, 1.165) is 33.9 Å². The zero-order chi connectivity index (χ0) is 24.1. The van der Waals surface area contributed by atoms with Gasteiger partial charge in [0.2, 0.25) is 0 Å². The molecule has 0 saturated heterocycles. The molecule has 173 valence electrons. The van der Waals surface area contributed by atoms with Crippen molar-refractivity contribution in [2.45, 2.75) is 34.1 Å². The Kier molecular flexibility index (Phi) is 13.0. The maximum atomic E-state index is 10.0. The van der Waals surface area contributed by atoms with Crippen molar-refractivity contribution in [1.82, 2.24) is 19.9 Å². The molecule has 2 heterocycles. The van der Waals surface area contributed by atoms with Crippen molar-refractivity contribution in [3.05, 3.63) is 96.8 Å². The van der Waals surface area contributed by atoms with Crippen molar-refractivity contribution in [1.29, 1.82) is 0 Å². The molecule has 34 heavy (non-hydrogen) atoms. The number of hydrogen-bond donors (Lipinski definition) is 0. The first-order valence-electron chi connectivity index (χ1n) is 10.4. The van der Waals surface area contributed by atoms with Gasteiger partial charge in [0.25, 0.3) is 0 Å². The number of carbonyl (C=O) groups is 2. The van der Waals surface area contributed by atoms with E-state index >= 15 is 0 Å². The van der Waals surface area contributed by atoms with Crippen molar-refractivity contribution in [3.8, 4) is 22.5 Å². The number of nitrogens with zero attached hydrogens (tertiary/aromatic N) is 4. The summed E-state index contributed by atoms with van der Waals surface area (Å²) in [6.45, 7) is 6.68. The van der Waals surface area contributed by atoms with Gasteiger partial charge in [0.05, 0.1) is 6.42 Å². The van der Waals surface area contributed by atoms with Crippen LogP contribution in [-0.4, -0.2) is 31.5 Å². The molecule has 0 aliphatic heterocycles. The van der Waals surface area contributed by atoms with Gasteiger partial charge >= 0.3 is 19.5 Å². The van der Waals surface area contributed by atoms with Gasteiger partial charge < -0.3 is 19.9 Å². The molecule has 0 spiro atoms. The average molecular weight is 540 g/mol. The summed E-state index contributed by atoms with van der Waals surface area (Å²) in [6.07, 6.45) is 5.34. The maximum Gasteiger partial charge on any atom is 3.00 e. The number of carbonyl (C=O) groups excluding carboxylic acids is 2. The molecular weight excluding hydrogens is 513 g/mol. The third kappa shape index (κ3) is 10.9. The molecule has 6 nitrogen and oxygen atoms in total. The third-order valence-corrected chi connectivity index (χ3v) is 4.12. The molecule has 7 heteroatoms. The van der Waals surface area contributed by atoms with Crippen LogP contribution in [-0.2, 0) is 29.1 Å². The molecule has 0 aliphatic rings. The fourth-order valence-electron chi connectivity index (χ4n) is 2.70. The molecule has 0 atom stereocenters. The van der Waals surface area contributed by atoms with Crippen LogP contribution in [0.4, 0.5) is 0 Å². The number of Topliss-reactive ketones (excluding diaryl/α,β-unsaturated/α-hetero) is 2. The van der Waals surface area contributed by atoms with Crippen LogP contribution < -0.4 is 0 Å². The minimum Gasteiger partial charge on any atom is -0.371 e. The van der Waals surface area contributed by atoms with Gasteiger partial charge in [-0.1, -0.05) is 97.0 Å². The summed E-state index contributed by atoms with van der Waals surface area (Å²) in [5.74, 6) is -0.125. The fraction of sp³-hybridized carbons (Fsp3) is 0.185. The summed E-state index contributed by atoms with van der Waals surface area (Å²) >= 11 is 0. The predicted octanol–water partition coefficient (Wildman–Crippen LogP) is 5.06. The van der Waals surface area contributed by atoms with Crippen LogP contribution in [0.3, 0.4) is 0 Å². The van der Waals surface area contributed by atoms with E-state index in [-0.39, 0.29) is 37.5 Å². The van der Waals surface area contributed by atoms with Crippen LogP contribution in [0.5, 0.6) is 0 Å². The van der Waals surface area contributed by atoms with Crippen molar-refractivity contribution < 1.29 is 29.1 Å². The van der Waals surface area contributed by atoms with Crippen LogP contribution in [0.2, 0.25) is 0 Å². The maximum absolute atomic E-state index is 10.0. The van der Waals surface area contributed by atoms with Crippen LogP contribution in [0, 0.1) is 26.5 Å². The summed E-state index contributed by atoms with van der Waals surface area (Å²) in [7, 11) is 0. The van der Waals surface area contributed by atoms with Crippen LogP contribution in [0.15, 0.2) is 72.8 Å². The van der Waals surface area contributed by atoms with Gasteiger partial charge in [-0.25, -0.2) is 0 Å². The molecule has 0 aliphatic carbocycles. The summed E-state index contributed by atoms with van der Waals surface area (Å²) in [4.78, 5) is 36.1. The average Bonchev–Trinajstić information content (AvgIpc) is 2.80. The van der Waals surface area contributed by atoms with Crippen LogP contribution in [0.1, 0.15) is 31.7 Å². The smallest absolute Gasteiger partial charge is 0.371 e. The van der Waals surface area contributed by atoms with E-state index < -0.39 is 0 Å². The summed E-state index contributed by atoms with van der Waals surface area (Å²) < 4.78 is 0. The van der Waals surface area contributed by atoms with Gasteiger partial charge in [-0.3, -0.25) is 9.59 Å².